The van der Waals surface area contributed by atoms with E-state index in [-0.39, 0.29) is 21.0 Å². The van der Waals surface area contributed by atoms with Crippen molar-refractivity contribution in [1.82, 2.24) is 4.98 Å². The monoisotopic (exact) mass is 548 g/mol. The number of nitrogens with zero attached hydrogens (tertiary/aromatic N) is 1. The van der Waals surface area contributed by atoms with E-state index in [0.717, 1.165) is 18.4 Å². The first-order valence-corrected chi connectivity index (χ1v) is 13.9. The number of carbonyl (C=O) groups excluding carboxylic acids is 1. The number of anilines is 1. The third kappa shape index (κ3) is 6.34. The summed E-state index contributed by atoms with van der Waals surface area (Å²) in [6, 6.07) is 15.0. The van der Waals surface area contributed by atoms with Gasteiger partial charge in [-0.2, -0.15) is 0 Å². The molecular weight excluding hydrogens is 527 g/mol. The minimum atomic E-state index is -4.76. The molecular formula is C23H22AsClN2O7. The number of aromatic nitrogens is 1. The summed E-state index contributed by atoms with van der Waals surface area (Å²) < 4.78 is 23.8. The van der Waals surface area contributed by atoms with Gasteiger partial charge in [-0.25, -0.2) is 9.78 Å². The average molecular weight is 549 g/mol. The van der Waals surface area contributed by atoms with Gasteiger partial charge in [-0.3, -0.25) is 0 Å². The predicted molar refractivity (Wildman–Crippen MR) is 126 cm³/mol. The van der Waals surface area contributed by atoms with Gasteiger partial charge in [-0.05, 0) is 48.6 Å². The molecule has 1 unspecified atom stereocenters. The van der Waals surface area contributed by atoms with E-state index in [1.54, 1.807) is 12.1 Å². The maximum atomic E-state index is 11.2. The number of benzene rings is 2. The van der Waals surface area contributed by atoms with Gasteiger partial charge in [0.25, 0.3) is 0 Å². The topological polar surface area (TPSA) is 146 Å². The van der Waals surface area contributed by atoms with Crippen LogP contribution in [0.3, 0.4) is 0 Å². The summed E-state index contributed by atoms with van der Waals surface area (Å²) in [6.07, 6.45) is 3.40. The smallest absolute Gasteiger partial charge is 0.356 e. The van der Waals surface area contributed by atoms with Crippen molar-refractivity contribution in [2.24, 2.45) is 0 Å². The molecule has 1 amide bonds. The van der Waals surface area contributed by atoms with E-state index in [0.29, 0.717) is 11.4 Å². The van der Waals surface area contributed by atoms with Crippen molar-refractivity contribution in [3.63, 3.8) is 0 Å². The van der Waals surface area contributed by atoms with Crippen LogP contribution in [0, 0.1) is 0 Å². The summed E-state index contributed by atoms with van der Waals surface area (Å²) in [5, 5.41) is 19.9. The van der Waals surface area contributed by atoms with E-state index in [4.69, 9.17) is 26.1 Å². The average Bonchev–Trinajstić information content (AvgIpc) is 3.27. The van der Waals surface area contributed by atoms with Gasteiger partial charge in [0.1, 0.15) is 0 Å². The fourth-order valence-corrected chi connectivity index (χ4v) is 4.95. The molecule has 11 heteroatoms. The molecule has 1 atom stereocenters. The molecule has 0 aliphatic heterocycles. The molecule has 0 radical (unpaired) electrons. The number of amides is 1. The third-order valence-corrected chi connectivity index (χ3v) is 7.83. The van der Waals surface area contributed by atoms with Gasteiger partial charge in [0.05, 0.1) is 10.7 Å². The van der Waals surface area contributed by atoms with Crippen molar-refractivity contribution in [3.8, 4) is 11.3 Å². The first-order valence-electron chi connectivity index (χ1n) is 10.2. The summed E-state index contributed by atoms with van der Waals surface area (Å²) in [5.74, 6) is -1.34. The van der Waals surface area contributed by atoms with Crippen LogP contribution < -0.4 is 9.67 Å². The Bertz CT molecular complexity index is 1260. The number of carboxylic acid groups (broad SMARTS) is 1. The van der Waals surface area contributed by atoms with Gasteiger partial charge in [0.2, 0.25) is 0 Å². The van der Waals surface area contributed by atoms with Crippen LogP contribution in [0.15, 0.2) is 54.6 Å². The van der Waals surface area contributed by atoms with Crippen LogP contribution in [0.1, 0.15) is 35.0 Å². The van der Waals surface area contributed by atoms with E-state index < -0.39 is 20.1 Å². The summed E-state index contributed by atoms with van der Waals surface area (Å²) in [5.41, 5.74) is 4.72. The fourth-order valence-electron chi connectivity index (χ4n) is 3.47. The molecule has 3 aromatic rings. The number of hydrogen-bond donors (Lipinski definition) is 4. The first kappa shape index (κ1) is 25.7. The summed E-state index contributed by atoms with van der Waals surface area (Å²) in [6.45, 7) is 1.35. The standard InChI is InChI=1S/C15H12ClNO2.C8H10AsNO5/c16-12-6-7-13(17-14(12)15(18)19)11-5-4-9-2-1-3-10(9)8-11;1-6(11)10-8-4-2-7(3-5-8)9(12,13)15-14/h4-8H,1-3H2,(H,18,19);2-5,14H,1H3,(H,10,11)(H,12,13). The molecule has 2 aromatic carbocycles. The molecule has 178 valence electrons. The van der Waals surface area contributed by atoms with Gasteiger partial charge in [0, 0.05) is 5.56 Å². The Hall–Kier alpha value is -2.94. The summed E-state index contributed by atoms with van der Waals surface area (Å²) in [7, 11) is 0. The second kappa shape index (κ2) is 11.0. The molecule has 1 aliphatic rings. The number of fused-ring (bicyclic) bond motifs is 1. The second-order valence-electron chi connectivity index (χ2n) is 7.50. The fraction of sp³-hybridized carbons (Fsp3) is 0.174. The third-order valence-electron chi connectivity index (χ3n) is 5.07. The Morgan fingerprint density at radius 2 is 1.74 bits per heavy atom. The van der Waals surface area contributed by atoms with Gasteiger partial charge in [-0.15, -0.1) is 0 Å². The zero-order valence-electron chi connectivity index (χ0n) is 18.1. The maximum absolute atomic E-state index is 11.2. The van der Waals surface area contributed by atoms with E-state index in [2.05, 4.69) is 26.3 Å². The maximum Gasteiger partial charge on any atom is 0.356 e. The Morgan fingerprint density at radius 3 is 2.35 bits per heavy atom. The number of aryl methyl sites for hydroxylation is 2. The van der Waals surface area contributed by atoms with Crippen LogP contribution >= 0.6 is 11.6 Å². The Balaban J connectivity index is 0.000000197. The van der Waals surface area contributed by atoms with Crippen LogP contribution in [0.25, 0.3) is 11.3 Å². The molecule has 4 rings (SSSR count). The van der Waals surface area contributed by atoms with Crippen LogP contribution in [-0.4, -0.2) is 45.5 Å². The number of carboxylic acids is 1. The van der Waals surface area contributed by atoms with Crippen molar-refractivity contribution in [3.05, 3.63) is 76.4 Å². The molecule has 0 spiro atoms. The molecule has 0 fully saturated rings. The molecule has 34 heavy (non-hydrogen) atoms. The quantitative estimate of drug-likeness (QED) is 0.216. The zero-order valence-corrected chi connectivity index (χ0v) is 20.7. The van der Waals surface area contributed by atoms with Crippen molar-refractivity contribution in [1.29, 1.82) is 0 Å². The van der Waals surface area contributed by atoms with Crippen LogP contribution in [0.2, 0.25) is 5.02 Å². The Kier molecular flexibility index (Phi) is 8.30. The number of carbonyl (C=O) groups is 2. The van der Waals surface area contributed by atoms with Gasteiger partial charge >= 0.3 is 94.4 Å². The molecule has 1 aromatic heterocycles. The zero-order chi connectivity index (χ0) is 24.9. The molecule has 1 aliphatic carbocycles. The van der Waals surface area contributed by atoms with Crippen molar-refractivity contribution in [2.45, 2.75) is 26.2 Å². The number of aromatic carboxylic acids is 1. The molecule has 1 heterocycles. The minimum Gasteiger partial charge on any atom is -0.476 e. The van der Waals surface area contributed by atoms with E-state index >= 15 is 0 Å². The number of nitrogens with one attached hydrogen (secondary N) is 1. The first-order chi connectivity index (χ1) is 16.1. The number of hydrogen-bond acceptors (Lipinski definition) is 6. The second-order valence-corrected chi connectivity index (χ2v) is 11.5. The molecule has 0 bridgehead atoms. The van der Waals surface area contributed by atoms with Crippen molar-refractivity contribution >= 4 is 47.7 Å². The normalized spacial score (nSPS) is 13.8. The number of rotatable bonds is 5. The number of halogens is 1. The molecule has 0 saturated carbocycles. The van der Waals surface area contributed by atoms with Crippen LogP contribution in [-0.2, 0) is 25.3 Å². The van der Waals surface area contributed by atoms with Gasteiger partial charge in [0.15, 0.2) is 5.69 Å². The largest absolute Gasteiger partial charge is 0.476 e. The minimum absolute atomic E-state index is 0.00438. The molecule has 9 nitrogen and oxygen atoms in total. The van der Waals surface area contributed by atoms with E-state index in [9.17, 15) is 13.3 Å². The van der Waals surface area contributed by atoms with Crippen molar-refractivity contribution in [2.75, 3.05) is 5.32 Å². The van der Waals surface area contributed by atoms with Crippen LogP contribution in [0.4, 0.5) is 5.69 Å². The summed E-state index contributed by atoms with van der Waals surface area (Å²) >= 11 is 1.07. The Morgan fingerprint density at radius 1 is 1.06 bits per heavy atom. The van der Waals surface area contributed by atoms with Crippen LogP contribution in [0.5, 0.6) is 0 Å². The van der Waals surface area contributed by atoms with Crippen molar-refractivity contribution < 1.29 is 31.7 Å². The van der Waals surface area contributed by atoms with Gasteiger partial charge in [-0.1, -0.05) is 23.7 Å². The predicted octanol–water partition coefficient (Wildman–Crippen LogP) is 3.29. The van der Waals surface area contributed by atoms with Gasteiger partial charge < -0.3 is 5.11 Å². The summed E-state index contributed by atoms with van der Waals surface area (Å²) in [4.78, 5) is 25.9. The Labute approximate surface area is 203 Å². The SMILES string of the molecule is CC(=O)Nc1ccc([As](=O)(O)OO)cc1.O=C(O)c1nc(-c2ccc3c(c2)CCC3)ccc1Cl. The molecule has 4 N–H and O–H groups in total. The van der Waals surface area contributed by atoms with E-state index in [1.807, 2.05) is 6.07 Å². The number of pyridine rings is 1. The molecule has 0 saturated heterocycles. The van der Waals surface area contributed by atoms with E-state index in [1.165, 1.54) is 48.7 Å².